The van der Waals surface area contributed by atoms with Crippen LogP contribution in [0.1, 0.15) is 68.2 Å². The van der Waals surface area contributed by atoms with Crippen LogP contribution in [0.15, 0.2) is 0 Å². The lowest BCUT2D eigenvalue weighted by molar-refractivity contribution is -0.152. The molecule has 0 spiro atoms. The first-order valence-electron chi connectivity index (χ1n) is 10.9. The van der Waals surface area contributed by atoms with Crippen LogP contribution in [0.2, 0.25) is 18.1 Å². The fourth-order valence-corrected chi connectivity index (χ4v) is 6.07. The number of carbonyl (C=O) groups is 3. The fraction of sp³-hybridized carbons (Fsp3) is 0.864. The summed E-state index contributed by atoms with van der Waals surface area (Å²) >= 11 is 0. The normalized spacial score (nSPS) is 29.7. The molecule has 0 unspecified atom stereocenters. The summed E-state index contributed by atoms with van der Waals surface area (Å²) in [5, 5.41) is -0.0266. The van der Waals surface area contributed by atoms with Gasteiger partial charge < -0.3 is 13.9 Å². The van der Waals surface area contributed by atoms with Gasteiger partial charge in [0, 0.05) is 5.92 Å². The molecular weight excluding hydrogens is 402 g/mol. The Hall–Kier alpha value is -1.41. The van der Waals surface area contributed by atoms with Gasteiger partial charge in [-0.05, 0) is 65.6 Å². The van der Waals surface area contributed by atoms with E-state index in [1.54, 1.807) is 27.7 Å². The Morgan fingerprint density at radius 2 is 1.73 bits per heavy atom. The number of hydrogen-bond donors (Lipinski definition) is 0. The standard InChI is InChI=1S/C22H39NO6Si/c1-11-27-18(25)16-14-12-13-22(8,29-30(9,10)21(5,6)7)15(14)17(24)23(16)19(26)28-20(2,3)4/h14-16H,11-13H2,1-10H3/t14-,15+,16-,22+/m0/s1. The van der Waals surface area contributed by atoms with Crippen molar-refractivity contribution >= 4 is 26.3 Å². The van der Waals surface area contributed by atoms with Gasteiger partial charge in [-0.25, -0.2) is 14.5 Å². The minimum absolute atomic E-state index is 0.0266. The largest absolute Gasteiger partial charge is 0.464 e. The minimum atomic E-state index is -2.19. The molecule has 1 aliphatic carbocycles. The summed E-state index contributed by atoms with van der Waals surface area (Å²) in [7, 11) is -2.19. The molecule has 8 heteroatoms. The zero-order chi connectivity index (χ0) is 23.3. The van der Waals surface area contributed by atoms with Gasteiger partial charge in [0.25, 0.3) is 0 Å². The molecule has 2 rings (SSSR count). The lowest BCUT2D eigenvalue weighted by atomic mass is 9.87. The molecule has 0 aromatic carbocycles. The second kappa shape index (κ2) is 7.93. The third kappa shape index (κ3) is 4.59. The molecule has 1 saturated heterocycles. The van der Waals surface area contributed by atoms with E-state index in [1.807, 2.05) is 6.92 Å². The Bertz CT molecular complexity index is 707. The summed E-state index contributed by atoms with van der Waals surface area (Å²) in [6, 6.07) is -0.970. The van der Waals surface area contributed by atoms with E-state index in [-0.39, 0.29) is 17.6 Å². The van der Waals surface area contributed by atoms with Crippen molar-refractivity contribution in [2.45, 2.75) is 104 Å². The Labute approximate surface area is 181 Å². The van der Waals surface area contributed by atoms with Crippen molar-refractivity contribution in [3.05, 3.63) is 0 Å². The highest BCUT2D eigenvalue weighted by Crippen LogP contribution is 2.53. The van der Waals surface area contributed by atoms with Crippen LogP contribution in [0.4, 0.5) is 4.79 Å². The van der Waals surface area contributed by atoms with Gasteiger partial charge in [0.15, 0.2) is 8.32 Å². The minimum Gasteiger partial charge on any atom is -0.464 e. The summed E-state index contributed by atoms with van der Waals surface area (Å²) in [5.41, 5.74) is -1.51. The van der Waals surface area contributed by atoms with Crippen molar-refractivity contribution in [1.29, 1.82) is 0 Å². The van der Waals surface area contributed by atoms with Crippen LogP contribution in [0, 0.1) is 11.8 Å². The van der Waals surface area contributed by atoms with Crippen LogP contribution in [-0.2, 0) is 23.5 Å². The van der Waals surface area contributed by atoms with Crippen molar-refractivity contribution in [1.82, 2.24) is 4.90 Å². The maximum Gasteiger partial charge on any atom is 0.417 e. The van der Waals surface area contributed by atoms with Gasteiger partial charge in [-0.1, -0.05) is 20.8 Å². The maximum atomic E-state index is 13.5. The van der Waals surface area contributed by atoms with Gasteiger partial charge in [-0.2, -0.15) is 0 Å². The number of fused-ring (bicyclic) bond motifs is 1. The molecule has 0 bridgehead atoms. The molecule has 4 atom stereocenters. The van der Waals surface area contributed by atoms with Crippen LogP contribution in [0.25, 0.3) is 0 Å². The molecule has 30 heavy (non-hydrogen) atoms. The molecule has 2 fully saturated rings. The Morgan fingerprint density at radius 1 is 1.17 bits per heavy atom. The summed E-state index contributed by atoms with van der Waals surface area (Å²) in [5.74, 6) is -1.86. The van der Waals surface area contributed by atoms with Crippen LogP contribution in [0.5, 0.6) is 0 Å². The van der Waals surface area contributed by atoms with Gasteiger partial charge in [0.1, 0.15) is 11.6 Å². The van der Waals surface area contributed by atoms with Crippen molar-refractivity contribution < 1.29 is 28.3 Å². The van der Waals surface area contributed by atoms with E-state index in [0.29, 0.717) is 12.8 Å². The summed E-state index contributed by atoms with van der Waals surface area (Å²) in [6.07, 6.45) is 0.484. The SMILES string of the molecule is CCOC(=O)[C@@H]1[C@H]2CC[C@@](C)(O[Si](C)(C)C(C)(C)C)[C@H]2C(=O)N1C(=O)OC(C)(C)C. The second-order valence-corrected chi connectivity index (χ2v) is 16.0. The molecule has 0 N–H and O–H groups in total. The number of ether oxygens (including phenoxy) is 2. The molecule has 2 amide bonds. The highest BCUT2D eigenvalue weighted by Gasteiger charge is 2.65. The highest BCUT2D eigenvalue weighted by molar-refractivity contribution is 6.74. The average Bonchev–Trinajstić information content (AvgIpc) is 3.00. The first kappa shape index (κ1) is 24.9. The van der Waals surface area contributed by atoms with Crippen molar-refractivity contribution in [3.63, 3.8) is 0 Å². The molecular formula is C22H39NO6Si. The van der Waals surface area contributed by atoms with Crippen LogP contribution in [0.3, 0.4) is 0 Å². The van der Waals surface area contributed by atoms with Crippen molar-refractivity contribution in [2.75, 3.05) is 6.61 Å². The second-order valence-electron chi connectivity index (χ2n) is 11.2. The summed E-state index contributed by atoms with van der Waals surface area (Å²) in [6.45, 7) is 19.8. The Morgan fingerprint density at radius 3 is 2.20 bits per heavy atom. The van der Waals surface area contributed by atoms with Gasteiger partial charge in [-0.15, -0.1) is 0 Å². The molecule has 1 aliphatic heterocycles. The number of amides is 2. The van der Waals surface area contributed by atoms with E-state index in [0.717, 1.165) is 4.90 Å². The first-order chi connectivity index (χ1) is 13.5. The number of carbonyl (C=O) groups excluding carboxylic acids is 3. The van der Waals surface area contributed by atoms with E-state index in [1.165, 1.54) is 0 Å². The van der Waals surface area contributed by atoms with E-state index in [2.05, 4.69) is 33.9 Å². The number of esters is 1. The van der Waals surface area contributed by atoms with Gasteiger partial charge in [0.2, 0.25) is 5.91 Å². The van der Waals surface area contributed by atoms with Crippen molar-refractivity contribution in [2.24, 2.45) is 11.8 Å². The smallest absolute Gasteiger partial charge is 0.417 e. The summed E-state index contributed by atoms with van der Waals surface area (Å²) < 4.78 is 17.4. The summed E-state index contributed by atoms with van der Waals surface area (Å²) in [4.78, 5) is 40.3. The molecule has 172 valence electrons. The van der Waals surface area contributed by atoms with Gasteiger partial charge in [0.05, 0.1) is 18.1 Å². The van der Waals surface area contributed by atoms with Crippen LogP contribution >= 0.6 is 0 Å². The fourth-order valence-electron chi connectivity index (χ4n) is 4.36. The van der Waals surface area contributed by atoms with Crippen LogP contribution < -0.4 is 0 Å². The van der Waals surface area contributed by atoms with Crippen molar-refractivity contribution in [3.8, 4) is 0 Å². The van der Waals surface area contributed by atoms with E-state index >= 15 is 0 Å². The van der Waals surface area contributed by atoms with Crippen LogP contribution in [-0.4, -0.2) is 55.0 Å². The van der Waals surface area contributed by atoms with E-state index in [9.17, 15) is 14.4 Å². The third-order valence-corrected chi connectivity index (χ3v) is 11.2. The predicted molar refractivity (Wildman–Crippen MR) is 116 cm³/mol. The molecule has 0 aromatic rings. The lowest BCUT2D eigenvalue weighted by Crippen LogP contribution is -2.52. The number of likely N-dealkylation sites (tertiary alicyclic amines) is 1. The average molecular weight is 442 g/mol. The Kier molecular flexibility index (Phi) is 6.57. The predicted octanol–water partition coefficient (Wildman–Crippen LogP) is 4.50. The Balaban J connectivity index is 2.43. The zero-order valence-corrected chi connectivity index (χ0v) is 21.3. The first-order valence-corrected chi connectivity index (χ1v) is 13.8. The number of imide groups is 1. The molecule has 7 nitrogen and oxygen atoms in total. The highest BCUT2D eigenvalue weighted by atomic mass is 28.4. The van der Waals surface area contributed by atoms with E-state index in [4.69, 9.17) is 13.9 Å². The molecule has 0 radical (unpaired) electrons. The number of hydrogen-bond acceptors (Lipinski definition) is 6. The monoisotopic (exact) mass is 441 g/mol. The van der Waals surface area contributed by atoms with Gasteiger partial charge in [-0.3, -0.25) is 4.79 Å². The third-order valence-electron chi connectivity index (χ3n) is 6.66. The lowest BCUT2D eigenvalue weighted by Gasteiger charge is -2.44. The molecule has 2 aliphatic rings. The molecule has 0 aromatic heterocycles. The topological polar surface area (TPSA) is 82.1 Å². The molecule has 1 heterocycles. The number of nitrogens with zero attached hydrogens (tertiary/aromatic N) is 1. The van der Waals surface area contributed by atoms with Gasteiger partial charge >= 0.3 is 12.1 Å². The number of rotatable bonds is 4. The molecule has 1 saturated carbocycles. The maximum absolute atomic E-state index is 13.5. The quantitative estimate of drug-likeness (QED) is 0.472. The zero-order valence-electron chi connectivity index (χ0n) is 20.3. The van der Waals surface area contributed by atoms with E-state index < -0.39 is 49.4 Å².